The first-order valence-electron chi connectivity index (χ1n) is 6.70. The van der Waals surface area contributed by atoms with Crippen molar-refractivity contribution in [1.82, 2.24) is 25.4 Å². The van der Waals surface area contributed by atoms with Crippen molar-refractivity contribution in [3.05, 3.63) is 22.8 Å². The van der Waals surface area contributed by atoms with Crippen molar-refractivity contribution in [2.45, 2.75) is 46.5 Å². The third kappa shape index (κ3) is 3.23. The Morgan fingerprint density at radius 3 is 2.55 bits per heavy atom. The predicted octanol–water partition coefficient (Wildman–Crippen LogP) is 1.84. The molecule has 0 fully saturated rings. The Labute approximate surface area is 117 Å². The summed E-state index contributed by atoms with van der Waals surface area (Å²) in [6, 6.07) is 0. The quantitative estimate of drug-likeness (QED) is 0.775. The summed E-state index contributed by atoms with van der Waals surface area (Å²) in [5, 5.41) is 16.5. The van der Waals surface area contributed by atoms with Crippen molar-refractivity contribution >= 4 is 11.9 Å². The molecule has 3 N–H and O–H groups in total. The number of anilines is 1. The molecule has 2 aromatic heterocycles. The summed E-state index contributed by atoms with van der Waals surface area (Å²) in [5.74, 6) is 1.25. The lowest BCUT2D eigenvalue weighted by molar-refractivity contribution is -0.116. The monoisotopic (exact) mass is 276 g/mol. The fourth-order valence-electron chi connectivity index (χ4n) is 1.96. The number of hydrogen-bond donors (Lipinski definition) is 3. The number of aromatic nitrogens is 5. The average Bonchev–Trinajstić information content (AvgIpc) is 2.96. The molecule has 108 valence electrons. The zero-order chi connectivity index (χ0) is 14.7. The van der Waals surface area contributed by atoms with E-state index < -0.39 is 0 Å². The molecule has 0 aliphatic rings. The first kappa shape index (κ1) is 14.2. The van der Waals surface area contributed by atoms with Crippen molar-refractivity contribution in [1.29, 1.82) is 0 Å². The van der Waals surface area contributed by atoms with Gasteiger partial charge in [0.25, 0.3) is 0 Å². The van der Waals surface area contributed by atoms with Crippen LogP contribution < -0.4 is 5.32 Å². The van der Waals surface area contributed by atoms with Crippen LogP contribution in [0, 0.1) is 13.8 Å². The second-order valence-corrected chi connectivity index (χ2v) is 5.16. The van der Waals surface area contributed by atoms with Gasteiger partial charge in [0.05, 0.1) is 5.69 Å². The largest absolute Gasteiger partial charge is 0.293 e. The molecule has 2 aromatic rings. The maximum Gasteiger partial charge on any atom is 0.248 e. The number of hydrogen-bond acceptors (Lipinski definition) is 4. The van der Waals surface area contributed by atoms with Crippen LogP contribution in [0.1, 0.15) is 49.0 Å². The molecule has 0 saturated carbocycles. The molecule has 0 saturated heterocycles. The van der Waals surface area contributed by atoms with Gasteiger partial charge < -0.3 is 0 Å². The molecule has 0 atom stereocenters. The molecule has 0 radical (unpaired) electrons. The molecule has 2 rings (SSSR count). The van der Waals surface area contributed by atoms with E-state index in [1.54, 1.807) is 0 Å². The zero-order valence-electron chi connectivity index (χ0n) is 12.2. The number of carbonyl (C=O) groups excluding carboxylic acids is 1. The standard InChI is InChI=1S/C13H20N6O/c1-7(2)12-15-13(19-18-12)14-11(20)6-5-10-8(3)16-17-9(10)4/h7H,5-6H2,1-4H3,(H,16,17)(H2,14,15,18,19,20). The van der Waals surface area contributed by atoms with Gasteiger partial charge in [-0.05, 0) is 25.8 Å². The molecule has 0 bridgehead atoms. The number of rotatable bonds is 5. The fourth-order valence-corrected chi connectivity index (χ4v) is 1.96. The summed E-state index contributed by atoms with van der Waals surface area (Å²) >= 11 is 0. The Hall–Kier alpha value is -2.18. The Balaban J connectivity index is 1.89. The first-order valence-corrected chi connectivity index (χ1v) is 6.70. The summed E-state index contributed by atoms with van der Waals surface area (Å²) < 4.78 is 0. The first-order chi connectivity index (χ1) is 9.47. The van der Waals surface area contributed by atoms with Crippen molar-refractivity contribution in [3.63, 3.8) is 0 Å². The summed E-state index contributed by atoms with van der Waals surface area (Å²) in [6.45, 7) is 7.91. The lowest BCUT2D eigenvalue weighted by atomic mass is 10.1. The maximum atomic E-state index is 11.9. The highest BCUT2D eigenvalue weighted by Gasteiger charge is 2.12. The van der Waals surface area contributed by atoms with Gasteiger partial charge in [0.2, 0.25) is 11.9 Å². The van der Waals surface area contributed by atoms with Gasteiger partial charge >= 0.3 is 0 Å². The van der Waals surface area contributed by atoms with Gasteiger partial charge in [0.15, 0.2) is 0 Å². The smallest absolute Gasteiger partial charge is 0.248 e. The minimum absolute atomic E-state index is 0.0979. The number of aromatic amines is 2. The molecule has 7 heteroatoms. The summed E-state index contributed by atoms with van der Waals surface area (Å²) in [5.41, 5.74) is 3.04. The lowest BCUT2D eigenvalue weighted by Crippen LogP contribution is -2.13. The number of carbonyl (C=O) groups is 1. The van der Waals surface area contributed by atoms with E-state index in [9.17, 15) is 4.79 Å². The van der Waals surface area contributed by atoms with Gasteiger partial charge in [0, 0.05) is 18.0 Å². The minimum atomic E-state index is -0.0979. The van der Waals surface area contributed by atoms with Crippen LogP contribution in [0.3, 0.4) is 0 Å². The molecule has 0 aliphatic heterocycles. The maximum absolute atomic E-state index is 11.9. The highest BCUT2D eigenvalue weighted by molar-refractivity contribution is 5.89. The Kier molecular flexibility index (Phi) is 4.16. The molecule has 0 aromatic carbocycles. The number of H-pyrrole nitrogens is 2. The van der Waals surface area contributed by atoms with Crippen molar-refractivity contribution in [2.75, 3.05) is 5.32 Å². The SMILES string of the molecule is Cc1n[nH]c(C)c1CCC(=O)Nc1n[nH]c(C(C)C)n1. The van der Waals surface area contributed by atoms with Crippen LogP contribution in [-0.2, 0) is 11.2 Å². The van der Waals surface area contributed by atoms with Crippen LogP contribution in [0.5, 0.6) is 0 Å². The van der Waals surface area contributed by atoms with E-state index in [2.05, 4.69) is 30.7 Å². The Bertz CT molecular complexity index is 578. The van der Waals surface area contributed by atoms with Gasteiger partial charge in [-0.3, -0.25) is 20.3 Å². The van der Waals surface area contributed by atoms with Gasteiger partial charge in [-0.15, -0.1) is 5.10 Å². The molecule has 0 spiro atoms. The Morgan fingerprint density at radius 2 is 2.00 bits per heavy atom. The van der Waals surface area contributed by atoms with E-state index in [4.69, 9.17) is 0 Å². The fraction of sp³-hybridized carbons (Fsp3) is 0.538. The predicted molar refractivity (Wildman–Crippen MR) is 75.5 cm³/mol. The van der Waals surface area contributed by atoms with Crippen LogP contribution >= 0.6 is 0 Å². The van der Waals surface area contributed by atoms with Gasteiger partial charge in [-0.1, -0.05) is 13.8 Å². The van der Waals surface area contributed by atoms with E-state index in [0.717, 1.165) is 22.8 Å². The molecule has 20 heavy (non-hydrogen) atoms. The summed E-state index contributed by atoms with van der Waals surface area (Å²) in [7, 11) is 0. The third-order valence-corrected chi connectivity index (χ3v) is 3.18. The minimum Gasteiger partial charge on any atom is -0.293 e. The number of amides is 1. The van der Waals surface area contributed by atoms with Gasteiger partial charge in [-0.25, -0.2) is 0 Å². The third-order valence-electron chi connectivity index (χ3n) is 3.18. The normalized spacial score (nSPS) is 11.1. The highest BCUT2D eigenvalue weighted by Crippen LogP contribution is 2.13. The molecule has 2 heterocycles. The second kappa shape index (κ2) is 5.85. The van der Waals surface area contributed by atoms with Crippen LogP contribution in [-0.4, -0.2) is 31.3 Å². The van der Waals surface area contributed by atoms with E-state index in [0.29, 0.717) is 18.8 Å². The van der Waals surface area contributed by atoms with E-state index in [1.807, 2.05) is 27.7 Å². The van der Waals surface area contributed by atoms with E-state index in [1.165, 1.54) is 0 Å². The van der Waals surface area contributed by atoms with E-state index in [-0.39, 0.29) is 11.8 Å². The van der Waals surface area contributed by atoms with Gasteiger partial charge in [-0.2, -0.15) is 10.1 Å². The highest BCUT2D eigenvalue weighted by atomic mass is 16.1. The molecular formula is C13H20N6O. The molecule has 0 unspecified atom stereocenters. The van der Waals surface area contributed by atoms with Crippen LogP contribution in [0.25, 0.3) is 0 Å². The lowest BCUT2D eigenvalue weighted by Gasteiger charge is -2.02. The van der Waals surface area contributed by atoms with Crippen molar-refractivity contribution in [3.8, 4) is 0 Å². The van der Waals surface area contributed by atoms with Gasteiger partial charge in [0.1, 0.15) is 5.82 Å². The van der Waals surface area contributed by atoms with Crippen LogP contribution in [0.4, 0.5) is 5.95 Å². The van der Waals surface area contributed by atoms with E-state index >= 15 is 0 Å². The molecule has 7 nitrogen and oxygen atoms in total. The van der Waals surface area contributed by atoms with Crippen molar-refractivity contribution < 1.29 is 4.79 Å². The summed E-state index contributed by atoms with van der Waals surface area (Å²) in [4.78, 5) is 16.1. The van der Waals surface area contributed by atoms with Crippen LogP contribution in [0.15, 0.2) is 0 Å². The molecule has 0 aliphatic carbocycles. The number of nitrogens with one attached hydrogen (secondary N) is 3. The van der Waals surface area contributed by atoms with Crippen LogP contribution in [0.2, 0.25) is 0 Å². The number of nitrogens with zero attached hydrogens (tertiary/aromatic N) is 3. The number of aryl methyl sites for hydroxylation is 2. The summed E-state index contributed by atoms with van der Waals surface area (Å²) in [6.07, 6.45) is 1.04. The average molecular weight is 276 g/mol. The topological polar surface area (TPSA) is 99.4 Å². The Morgan fingerprint density at radius 1 is 1.25 bits per heavy atom. The zero-order valence-corrected chi connectivity index (χ0v) is 12.2. The van der Waals surface area contributed by atoms with Crippen molar-refractivity contribution in [2.24, 2.45) is 0 Å². The molecule has 1 amide bonds. The second-order valence-electron chi connectivity index (χ2n) is 5.16. The molecular weight excluding hydrogens is 256 g/mol.